The second-order valence-electron chi connectivity index (χ2n) is 6.97. The first-order chi connectivity index (χ1) is 12.2. The van der Waals surface area contributed by atoms with E-state index in [9.17, 15) is 4.79 Å². The average molecular weight is 340 g/mol. The van der Waals surface area contributed by atoms with Gasteiger partial charge in [0, 0.05) is 18.4 Å². The Morgan fingerprint density at radius 1 is 0.960 bits per heavy atom. The standard InChI is InChI=1S/C22H30N2O/c1-18(2)17-23-15-14-22(25)24-16-13-21(19-9-5-3-6-10-19)20-11-7-4-8-12-20/h3-12,18,21,23H,13-17H2,1-2H3,(H,24,25)/p+1. The van der Waals surface area contributed by atoms with E-state index in [4.69, 9.17) is 0 Å². The molecule has 0 radical (unpaired) electrons. The zero-order valence-electron chi connectivity index (χ0n) is 15.4. The van der Waals surface area contributed by atoms with Crippen LogP contribution < -0.4 is 10.6 Å². The van der Waals surface area contributed by atoms with Crippen LogP contribution in [0.1, 0.15) is 43.7 Å². The molecule has 134 valence electrons. The van der Waals surface area contributed by atoms with Crippen LogP contribution in [-0.2, 0) is 4.79 Å². The molecule has 0 aliphatic carbocycles. The Hall–Kier alpha value is -2.13. The summed E-state index contributed by atoms with van der Waals surface area (Å²) in [5.74, 6) is 1.13. The fourth-order valence-electron chi connectivity index (χ4n) is 3.03. The summed E-state index contributed by atoms with van der Waals surface area (Å²) in [6.45, 7) is 7.05. The smallest absolute Gasteiger partial charge is 0.225 e. The van der Waals surface area contributed by atoms with Gasteiger partial charge in [0.2, 0.25) is 5.91 Å². The molecular weight excluding hydrogens is 308 g/mol. The Morgan fingerprint density at radius 3 is 2.04 bits per heavy atom. The SMILES string of the molecule is CC(C)C[NH2+]CCC(=O)NCCC(c1ccccc1)c1ccccc1. The van der Waals surface area contributed by atoms with E-state index in [1.54, 1.807) is 0 Å². The maximum Gasteiger partial charge on any atom is 0.225 e. The summed E-state index contributed by atoms with van der Waals surface area (Å²) in [6.07, 6.45) is 1.50. The number of amides is 1. The van der Waals surface area contributed by atoms with Gasteiger partial charge in [-0.05, 0) is 17.5 Å². The number of hydrogen-bond acceptors (Lipinski definition) is 1. The summed E-state index contributed by atoms with van der Waals surface area (Å²) in [6, 6.07) is 21.1. The van der Waals surface area contributed by atoms with E-state index in [2.05, 4.69) is 73.0 Å². The fraction of sp³-hybridized carbons (Fsp3) is 0.409. The van der Waals surface area contributed by atoms with Crippen molar-refractivity contribution in [1.29, 1.82) is 0 Å². The van der Waals surface area contributed by atoms with Gasteiger partial charge >= 0.3 is 0 Å². The quantitative estimate of drug-likeness (QED) is 0.642. The molecule has 25 heavy (non-hydrogen) atoms. The topological polar surface area (TPSA) is 45.7 Å². The molecule has 0 saturated carbocycles. The predicted molar refractivity (Wildman–Crippen MR) is 103 cm³/mol. The van der Waals surface area contributed by atoms with E-state index >= 15 is 0 Å². The van der Waals surface area contributed by atoms with Gasteiger partial charge in [-0.3, -0.25) is 4.79 Å². The van der Waals surface area contributed by atoms with Crippen molar-refractivity contribution in [1.82, 2.24) is 5.32 Å². The number of carbonyl (C=O) groups is 1. The minimum Gasteiger partial charge on any atom is -0.356 e. The summed E-state index contributed by atoms with van der Waals surface area (Å²) in [4.78, 5) is 12.0. The van der Waals surface area contributed by atoms with Crippen LogP contribution in [0.25, 0.3) is 0 Å². The van der Waals surface area contributed by atoms with E-state index in [1.165, 1.54) is 11.1 Å². The van der Waals surface area contributed by atoms with Crippen LogP contribution in [-0.4, -0.2) is 25.5 Å². The average Bonchev–Trinajstić information content (AvgIpc) is 2.64. The number of nitrogens with two attached hydrogens (primary N) is 1. The van der Waals surface area contributed by atoms with Gasteiger partial charge in [-0.25, -0.2) is 0 Å². The highest BCUT2D eigenvalue weighted by atomic mass is 16.1. The largest absolute Gasteiger partial charge is 0.356 e. The van der Waals surface area contributed by atoms with E-state index in [0.717, 1.165) is 19.5 Å². The number of benzene rings is 2. The summed E-state index contributed by atoms with van der Waals surface area (Å²) in [5.41, 5.74) is 2.60. The fourth-order valence-corrected chi connectivity index (χ4v) is 3.03. The molecule has 3 heteroatoms. The van der Waals surface area contributed by atoms with Crippen molar-refractivity contribution in [2.24, 2.45) is 5.92 Å². The van der Waals surface area contributed by atoms with E-state index < -0.39 is 0 Å². The molecule has 1 amide bonds. The van der Waals surface area contributed by atoms with Crippen LogP contribution in [0.2, 0.25) is 0 Å². The molecular formula is C22H31N2O+. The Labute approximate surface area is 151 Å². The maximum atomic E-state index is 12.0. The predicted octanol–water partition coefficient (Wildman–Crippen LogP) is 2.93. The third-order valence-electron chi connectivity index (χ3n) is 4.37. The molecule has 2 rings (SSSR count). The summed E-state index contributed by atoms with van der Waals surface area (Å²) < 4.78 is 0. The zero-order valence-corrected chi connectivity index (χ0v) is 15.4. The number of rotatable bonds is 10. The van der Waals surface area contributed by atoms with Gasteiger partial charge in [-0.1, -0.05) is 74.5 Å². The highest BCUT2D eigenvalue weighted by Gasteiger charge is 2.14. The van der Waals surface area contributed by atoms with Crippen LogP contribution in [0.5, 0.6) is 0 Å². The van der Waals surface area contributed by atoms with Crippen LogP contribution in [0.15, 0.2) is 60.7 Å². The van der Waals surface area contributed by atoms with Gasteiger partial charge < -0.3 is 10.6 Å². The number of quaternary nitrogens is 1. The Kier molecular flexibility index (Phi) is 8.20. The second-order valence-corrected chi connectivity index (χ2v) is 6.97. The highest BCUT2D eigenvalue weighted by molar-refractivity contribution is 5.75. The summed E-state index contributed by atoms with van der Waals surface area (Å²) in [5, 5.41) is 5.31. The molecule has 3 nitrogen and oxygen atoms in total. The van der Waals surface area contributed by atoms with Crippen LogP contribution in [0.4, 0.5) is 0 Å². The molecule has 2 aromatic carbocycles. The summed E-state index contributed by atoms with van der Waals surface area (Å²) >= 11 is 0. The van der Waals surface area contributed by atoms with Gasteiger partial charge in [0.1, 0.15) is 0 Å². The molecule has 0 atom stereocenters. The third-order valence-corrected chi connectivity index (χ3v) is 4.37. The van der Waals surface area contributed by atoms with Crippen molar-refractivity contribution in [2.75, 3.05) is 19.6 Å². The lowest BCUT2D eigenvalue weighted by Gasteiger charge is -2.18. The van der Waals surface area contributed by atoms with Crippen molar-refractivity contribution in [3.05, 3.63) is 71.8 Å². The highest BCUT2D eigenvalue weighted by Crippen LogP contribution is 2.27. The summed E-state index contributed by atoms with van der Waals surface area (Å²) in [7, 11) is 0. The molecule has 2 aromatic rings. The van der Waals surface area contributed by atoms with Crippen LogP contribution in [0.3, 0.4) is 0 Å². The van der Waals surface area contributed by atoms with Crippen molar-refractivity contribution < 1.29 is 10.1 Å². The monoisotopic (exact) mass is 339 g/mol. The second kappa shape index (κ2) is 10.7. The normalized spacial score (nSPS) is 11.0. The van der Waals surface area contributed by atoms with Gasteiger partial charge in [-0.2, -0.15) is 0 Å². The zero-order chi connectivity index (χ0) is 17.9. The molecule has 0 saturated heterocycles. The Bertz CT molecular complexity index is 571. The van der Waals surface area contributed by atoms with Crippen molar-refractivity contribution in [2.45, 2.75) is 32.6 Å². The van der Waals surface area contributed by atoms with Gasteiger partial charge in [0.05, 0.1) is 19.5 Å². The third kappa shape index (κ3) is 7.10. The van der Waals surface area contributed by atoms with E-state index in [-0.39, 0.29) is 5.91 Å². The van der Waals surface area contributed by atoms with Crippen molar-refractivity contribution in [3.8, 4) is 0 Å². The first-order valence-electron chi connectivity index (χ1n) is 9.35. The van der Waals surface area contributed by atoms with E-state index in [0.29, 0.717) is 24.8 Å². The minimum absolute atomic E-state index is 0.153. The van der Waals surface area contributed by atoms with Crippen LogP contribution >= 0.6 is 0 Å². The molecule has 0 aliphatic rings. The molecule has 0 fully saturated rings. The molecule has 0 aliphatic heterocycles. The molecule has 0 aromatic heterocycles. The lowest BCUT2D eigenvalue weighted by molar-refractivity contribution is -0.658. The maximum absolute atomic E-state index is 12.0. The first kappa shape index (κ1) is 19.2. The molecule has 0 bridgehead atoms. The Balaban J connectivity index is 1.83. The number of nitrogens with one attached hydrogen (secondary N) is 1. The minimum atomic E-state index is 0.153. The van der Waals surface area contributed by atoms with Crippen molar-refractivity contribution >= 4 is 5.91 Å². The number of carbonyl (C=O) groups excluding carboxylic acids is 1. The first-order valence-corrected chi connectivity index (χ1v) is 9.35. The van der Waals surface area contributed by atoms with E-state index in [1.807, 2.05) is 12.1 Å². The number of hydrogen-bond donors (Lipinski definition) is 2. The lowest BCUT2D eigenvalue weighted by atomic mass is 9.88. The molecule has 0 unspecified atom stereocenters. The Morgan fingerprint density at radius 2 is 1.52 bits per heavy atom. The molecule has 0 spiro atoms. The lowest BCUT2D eigenvalue weighted by Crippen LogP contribution is -2.85. The molecule has 3 N–H and O–H groups in total. The molecule has 0 heterocycles. The van der Waals surface area contributed by atoms with Crippen LogP contribution in [0, 0.1) is 5.92 Å². The van der Waals surface area contributed by atoms with Gasteiger partial charge in [-0.15, -0.1) is 0 Å². The van der Waals surface area contributed by atoms with Gasteiger partial charge in [0.25, 0.3) is 0 Å². The van der Waals surface area contributed by atoms with Crippen molar-refractivity contribution in [3.63, 3.8) is 0 Å². The van der Waals surface area contributed by atoms with Gasteiger partial charge in [0.15, 0.2) is 0 Å².